The molecule has 2 aromatic carbocycles. The van der Waals surface area contributed by atoms with E-state index in [-0.39, 0.29) is 11.5 Å². The second-order valence-electron chi connectivity index (χ2n) is 10.9. The number of hydrogen-bond acceptors (Lipinski definition) is 4. The van der Waals surface area contributed by atoms with Gasteiger partial charge in [0.25, 0.3) is 10.2 Å². The molecule has 0 spiro atoms. The third-order valence-electron chi connectivity index (χ3n) is 7.74. The van der Waals surface area contributed by atoms with Crippen LogP contribution in [0.4, 0.5) is 5.69 Å². The van der Waals surface area contributed by atoms with Crippen molar-refractivity contribution in [3.63, 3.8) is 0 Å². The van der Waals surface area contributed by atoms with Gasteiger partial charge in [0.1, 0.15) is 0 Å². The quantitative estimate of drug-likeness (QED) is 0.507. The fraction of sp³-hybridized carbons (Fsp3) is 0.464. The highest BCUT2D eigenvalue weighted by molar-refractivity contribution is 7.86. The molecule has 8 heteroatoms. The number of benzene rings is 2. The first-order chi connectivity index (χ1) is 17.3. The lowest BCUT2D eigenvalue weighted by Crippen LogP contribution is -2.51. The van der Waals surface area contributed by atoms with E-state index in [2.05, 4.69) is 65.1 Å². The number of imidazole rings is 1. The van der Waals surface area contributed by atoms with E-state index >= 15 is 0 Å². The summed E-state index contributed by atoms with van der Waals surface area (Å²) in [5, 5.41) is 0. The molecule has 2 aliphatic rings. The zero-order valence-electron chi connectivity index (χ0n) is 21.3. The minimum atomic E-state index is -3.58. The Kier molecular flexibility index (Phi) is 7.19. The molecule has 1 fully saturated rings. The number of aryl methyl sites for hydroxylation is 1. The Bertz CT molecular complexity index is 1230. The number of aromatic amines is 1. The molecule has 0 unspecified atom stereocenters. The van der Waals surface area contributed by atoms with Gasteiger partial charge in [-0.2, -0.15) is 17.0 Å². The van der Waals surface area contributed by atoms with E-state index in [4.69, 9.17) is 0 Å². The van der Waals surface area contributed by atoms with Crippen LogP contribution in [-0.4, -0.2) is 52.7 Å². The number of piperidine rings is 1. The summed E-state index contributed by atoms with van der Waals surface area (Å²) in [5.41, 5.74) is 4.62. The van der Waals surface area contributed by atoms with Crippen LogP contribution in [-0.2, 0) is 29.7 Å². The molecule has 0 amide bonds. The maximum absolute atomic E-state index is 14.0. The van der Waals surface area contributed by atoms with Crippen molar-refractivity contribution >= 4 is 15.9 Å². The average molecular weight is 508 g/mol. The van der Waals surface area contributed by atoms with E-state index < -0.39 is 10.2 Å². The molecule has 0 saturated carbocycles. The SMILES string of the molecule is CC1(C)CCN(S(=O)(=O)N2Cc3ccccc3N(Cc3cnc[nH]3)[C@@H](CCc3ccccc3)C2)CC1. The van der Waals surface area contributed by atoms with E-state index in [1.54, 1.807) is 14.9 Å². The van der Waals surface area contributed by atoms with Gasteiger partial charge in [-0.05, 0) is 48.3 Å². The molecule has 36 heavy (non-hydrogen) atoms. The van der Waals surface area contributed by atoms with Crippen molar-refractivity contribution in [3.05, 3.63) is 83.9 Å². The second-order valence-corrected chi connectivity index (χ2v) is 12.8. The average Bonchev–Trinajstić information content (AvgIpc) is 3.33. The van der Waals surface area contributed by atoms with Crippen LogP contribution in [0.15, 0.2) is 67.1 Å². The predicted molar refractivity (Wildman–Crippen MR) is 144 cm³/mol. The van der Waals surface area contributed by atoms with Crippen molar-refractivity contribution in [2.24, 2.45) is 5.41 Å². The number of para-hydroxylation sites is 1. The fourth-order valence-corrected chi connectivity index (χ4v) is 7.00. The van der Waals surface area contributed by atoms with E-state index in [1.165, 1.54) is 5.56 Å². The summed E-state index contributed by atoms with van der Waals surface area (Å²) in [6, 6.07) is 18.7. The standard InChI is InChI=1S/C28H37N5O2S/c1-28(2)14-16-31(17-15-28)36(34,35)32-19-24-10-6-7-11-27(24)33(20-25-18-29-22-30-25)26(21-32)13-12-23-8-4-3-5-9-23/h3-11,18,22,26H,12-17,19-21H2,1-2H3,(H,29,30)/t26-/m0/s1. The zero-order chi connectivity index (χ0) is 25.2. The number of rotatable bonds is 7. The molecule has 0 radical (unpaired) electrons. The summed E-state index contributed by atoms with van der Waals surface area (Å²) in [6.45, 7) is 7.12. The predicted octanol–water partition coefficient (Wildman–Crippen LogP) is 4.60. The van der Waals surface area contributed by atoms with Crippen LogP contribution in [0.1, 0.15) is 49.9 Å². The van der Waals surface area contributed by atoms with Gasteiger partial charge in [-0.1, -0.05) is 62.4 Å². The lowest BCUT2D eigenvalue weighted by Gasteiger charge is -2.39. The Hall–Kier alpha value is -2.68. The van der Waals surface area contributed by atoms with E-state index in [9.17, 15) is 8.42 Å². The zero-order valence-corrected chi connectivity index (χ0v) is 22.1. The van der Waals surface area contributed by atoms with Gasteiger partial charge in [-0.25, -0.2) is 4.98 Å². The number of fused-ring (bicyclic) bond motifs is 1. The Balaban J connectivity index is 1.47. The molecule has 2 aliphatic heterocycles. The number of nitrogens with zero attached hydrogens (tertiary/aromatic N) is 4. The van der Waals surface area contributed by atoms with Crippen LogP contribution >= 0.6 is 0 Å². The molecular formula is C28H37N5O2S. The van der Waals surface area contributed by atoms with Crippen LogP contribution < -0.4 is 4.90 Å². The van der Waals surface area contributed by atoms with Crippen molar-refractivity contribution < 1.29 is 8.42 Å². The van der Waals surface area contributed by atoms with Gasteiger partial charge in [0.15, 0.2) is 0 Å². The van der Waals surface area contributed by atoms with Gasteiger partial charge in [-0.15, -0.1) is 0 Å². The van der Waals surface area contributed by atoms with Crippen LogP contribution in [0, 0.1) is 5.41 Å². The van der Waals surface area contributed by atoms with Gasteiger partial charge in [-0.3, -0.25) is 0 Å². The third kappa shape index (κ3) is 5.51. The summed E-state index contributed by atoms with van der Waals surface area (Å²) in [5.74, 6) is 0. The Morgan fingerprint density at radius 2 is 1.72 bits per heavy atom. The monoisotopic (exact) mass is 507 g/mol. The Morgan fingerprint density at radius 1 is 1.00 bits per heavy atom. The fourth-order valence-electron chi connectivity index (χ4n) is 5.36. The summed E-state index contributed by atoms with van der Waals surface area (Å²) >= 11 is 0. The minimum Gasteiger partial charge on any atom is -0.361 e. The highest BCUT2D eigenvalue weighted by atomic mass is 32.2. The summed E-state index contributed by atoms with van der Waals surface area (Å²) in [7, 11) is -3.58. The second kappa shape index (κ2) is 10.4. The van der Waals surface area contributed by atoms with Crippen LogP contribution in [0.2, 0.25) is 0 Å². The van der Waals surface area contributed by atoms with Crippen molar-refractivity contribution in [1.29, 1.82) is 0 Å². The first kappa shape index (κ1) is 25.0. The van der Waals surface area contributed by atoms with Gasteiger partial charge in [0.2, 0.25) is 0 Å². The maximum atomic E-state index is 14.0. The molecule has 7 nitrogen and oxygen atoms in total. The third-order valence-corrected chi connectivity index (χ3v) is 9.68. The van der Waals surface area contributed by atoms with Crippen molar-refractivity contribution in [2.45, 2.75) is 58.7 Å². The maximum Gasteiger partial charge on any atom is 0.282 e. The van der Waals surface area contributed by atoms with E-state index in [1.807, 2.05) is 24.4 Å². The Labute approximate surface area is 215 Å². The molecular weight excluding hydrogens is 470 g/mol. The molecule has 0 aliphatic carbocycles. The molecule has 1 atom stereocenters. The lowest BCUT2D eigenvalue weighted by molar-refractivity contribution is 0.185. The van der Waals surface area contributed by atoms with Crippen LogP contribution in [0.3, 0.4) is 0 Å². The van der Waals surface area contributed by atoms with Crippen molar-refractivity contribution in [2.75, 3.05) is 24.5 Å². The summed E-state index contributed by atoms with van der Waals surface area (Å²) in [4.78, 5) is 9.83. The number of anilines is 1. The number of nitrogens with one attached hydrogen (secondary N) is 1. The van der Waals surface area contributed by atoms with Crippen molar-refractivity contribution in [1.82, 2.24) is 18.6 Å². The van der Waals surface area contributed by atoms with Gasteiger partial charge in [0, 0.05) is 44.1 Å². The van der Waals surface area contributed by atoms with E-state index in [0.29, 0.717) is 32.7 Å². The highest BCUT2D eigenvalue weighted by Gasteiger charge is 2.39. The van der Waals surface area contributed by atoms with Crippen molar-refractivity contribution in [3.8, 4) is 0 Å². The highest BCUT2D eigenvalue weighted by Crippen LogP contribution is 2.35. The summed E-state index contributed by atoms with van der Waals surface area (Å²) in [6.07, 6.45) is 7.07. The molecule has 1 aromatic heterocycles. The Morgan fingerprint density at radius 3 is 2.44 bits per heavy atom. The van der Waals surface area contributed by atoms with E-state index in [0.717, 1.165) is 42.6 Å². The van der Waals surface area contributed by atoms with Gasteiger partial charge < -0.3 is 9.88 Å². The van der Waals surface area contributed by atoms with Gasteiger partial charge >= 0.3 is 0 Å². The molecule has 1 N–H and O–H groups in total. The molecule has 192 valence electrons. The van der Waals surface area contributed by atoms with Crippen LogP contribution in [0.25, 0.3) is 0 Å². The lowest BCUT2D eigenvalue weighted by atomic mass is 9.83. The molecule has 3 aromatic rings. The molecule has 5 rings (SSSR count). The molecule has 1 saturated heterocycles. The molecule has 3 heterocycles. The minimum absolute atomic E-state index is 0.0214. The number of hydrogen-bond donors (Lipinski definition) is 1. The summed E-state index contributed by atoms with van der Waals surface area (Å²) < 4.78 is 31.4. The smallest absolute Gasteiger partial charge is 0.282 e. The van der Waals surface area contributed by atoms with Crippen LogP contribution in [0.5, 0.6) is 0 Å². The normalized spacial score (nSPS) is 21.2. The molecule has 0 bridgehead atoms. The number of aromatic nitrogens is 2. The largest absolute Gasteiger partial charge is 0.361 e. The first-order valence-electron chi connectivity index (χ1n) is 12.9. The number of H-pyrrole nitrogens is 1. The first-order valence-corrected chi connectivity index (χ1v) is 14.3. The van der Waals surface area contributed by atoms with Gasteiger partial charge in [0.05, 0.1) is 18.6 Å². The topological polar surface area (TPSA) is 72.5 Å².